The van der Waals surface area contributed by atoms with Gasteiger partial charge in [0.1, 0.15) is 11.5 Å². The number of hydrogen-bond acceptors (Lipinski definition) is 4. The topological polar surface area (TPSA) is 106 Å². The molecule has 0 aliphatic carbocycles. The van der Waals surface area contributed by atoms with Crippen LogP contribution in [0.1, 0.15) is 5.56 Å². The van der Waals surface area contributed by atoms with Crippen molar-refractivity contribution < 1.29 is 0 Å². The Morgan fingerprint density at radius 3 is 2.81 bits per heavy atom. The predicted molar refractivity (Wildman–Crippen MR) is 86.7 cm³/mol. The summed E-state index contributed by atoms with van der Waals surface area (Å²) >= 11 is 5.14. The van der Waals surface area contributed by atoms with Crippen LogP contribution in [0.2, 0.25) is 0 Å². The number of hydrogen-bond donors (Lipinski definition) is 4. The molecule has 6 N–H and O–H groups in total. The number of rotatable bonds is 3. The number of nitrogens with two attached hydrogens (primary N) is 2. The maximum Gasteiger partial charge on any atom is 0.277 e. The summed E-state index contributed by atoms with van der Waals surface area (Å²) in [7, 11) is 0. The lowest BCUT2D eigenvalue weighted by atomic mass is 10.1. The fraction of sp³-hybridized carbons (Fsp3) is 0.143. The second-order valence-electron chi connectivity index (χ2n) is 4.82. The average molecular weight is 301 g/mol. The highest BCUT2D eigenvalue weighted by molar-refractivity contribution is 7.71. The van der Waals surface area contributed by atoms with Crippen LogP contribution >= 0.6 is 12.2 Å². The summed E-state index contributed by atoms with van der Waals surface area (Å²) < 4.78 is 1.93. The molecule has 0 radical (unpaired) electrons. The van der Waals surface area contributed by atoms with E-state index in [1.165, 1.54) is 5.39 Å². The van der Waals surface area contributed by atoms with Crippen molar-refractivity contribution in [1.82, 2.24) is 14.5 Å². The molecule has 0 aliphatic heterocycles. The van der Waals surface area contributed by atoms with Crippen LogP contribution in [-0.4, -0.2) is 14.5 Å². The summed E-state index contributed by atoms with van der Waals surface area (Å²) in [6, 6.07) is 8.07. The van der Waals surface area contributed by atoms with Gasteiger partial charge in [-0.05, 0) is 30.3 Å². The van der Waals surface area contributed by atoms with Crippen LogP contribution in [0.3, 0.4) is 0 Å². The minimum atomic E-state index is -0.444. The van der Waals surface area contributed by atoms with Crippen LogP contribution in [0.25, 0.3) is 10.9 Å². The molecular formula is C14H15N5OS. The normalized spacial score (nSPS) is 11.0. The summed E-state index contributed by atoms with van der Waals surface area (Å²) in [6.07, 6.45) is 2.70. The Bertz CT molecular complexity index is 921. The van der Waals surface area contributed by atoms with Crippen LogP contribution in [0, 0.1) is 4.77 Å². The minimum absolute atomic E-state index is 0.00234. The third kappa shape index (κ3) is 2.31. The number of nitrogens with zero attached hydrogens (tertiary/aromatic N) is 1. The third-order valence-corrected chi connectivity index (χ3v) is 3.88. The number of nitrogens with one attached hydrogen (secondary N) is 2. The molecule has 0 spiro atoms. The zero-order valence-corrected chi connectivity index (χ0v) is 12.0. The van der Waals surface area contributed by atoms with Crippen molar-refractivity contribution in [2.75, 3.05) is 11.5 Å². The Kier molecular flexibility index (Phi) is 3.26. The molecule has 0 bridgehead atoms. The Labute approximate surface area is 125 Å². The van der Waals surface area contributed by atoms with Gasteiger partial charge in [0.05, 0.1) is 0 Å². The first-order chi connectivity index (χ1) is 10.1. The number of anilines is 2. The molecule has 3 rings (SSSR count). The molecule has 21 heavy (non-hydrogen) atoms. The van der Waals surface area contributed by atoms with E-state index in [2.05, 4.69) is 16.0 Å². The van der Waals surface area contributed by atoms with E-state index >= 15 is 0 Å². The van der Waals surface area contributed by atoms with Gasteiger partial charge in [-0.25, -0.2) is 0 Å². The highest BCUT2D eigenvalue weighted by Crippen LogP contribution is 2.19. The summed E-state index contributed by atoms with van der Waals surface area (Å²) in [5.74, 6) is 0.212. The molecule has 0 amide bonds. The number of aromatic amines is 2. The molecule has 2 heterocycles. The first kappa shape index (κ1) is 13.4. The van der Waals surface area contributed by atoms with Crippen LogP contribution < -0.4 is 17.0 Å². The van der Waals surface area contributed by atoms with Gasteiger partial charge in [0, 0.05) is 23.6 Å². The zero-order valence-electron chi connectivity index (χ0n) is 11.2. The number of fused-ring (bicyclic) bond motifs is 1. The first-order valence-electron chi connectivity index (χ1n) is 6.51. The fourth-order valence-corrected chi connectivity index (χ4v) is 2.68. The number of benzene rings is 1. The molecule has 0 saturated carbocycles. The quantitative estimate of drug-likeness (QED) is 0.553. The summed E-state index contributed by atoms with van der Waals surface area (Å²) in [5, 5.41) is 1.17. The van der Waals surface area contributed by atoms with Crippen LogP contribution in [0.15, 0.2) is 35.3 Å². The molecule has 3 aromatic rings. The lowest BCUT2D eigenvalue weighted by Crippen LogP contribution is -2.22. The third-order valence-electron chi connectivity index (χ3n) is 3.56. The van der Waals surface area contributed by atoms with Crippen LogP contribution in [0.5, 0.6) is 0 Å². The van der Waals surface area contributed by atoms with Gasteiger partial charge in [-0.1, -0.05) is 18.2 Å². The Morgan fingerprint density at radius 2 is 2.00 bits per heavy atom. The van der Waals surface area contributed by atoms with Crippen molar-refractivity contribution >= 4 is 34.6 Å². The van der Waals surface area contributed by atoms with Crippen molar-refractivity contribution in [3.8, 4) is 0 Å². The van der Waals surface area contributed by atoms with Crippen molar-refractivity contribution in [3.05, 3.63) is 51.2 Å². The number of aromatic nitrogens is 3. The molecular weight excluding hydrogens is 286 g/mol. The lowest BCUT2D eigenvalue weighted by Gasteiger charge is -2.11. The number of aryl methyl sites for hydroxylation is 1. The predicted octanol–water partition coefficient (Wildman–Crippen LogP) is 1.79. The Hall–Kier alpha value is -2.54. The molecule has 0 unspecified atom stereocenters. The minimum Gasteiger partial charge on any atom is -0.391 e. The average Bonchev–Trinajstić information content (AvgIpc) is 2.88. The van der Waals surface area contributed by atoms with Crippen LogP contribution in [0.4, 0.5) is 11.5 Å². The second-order valence-corrected chi connectivity index (χ2v) is 5.21. The Morgan fingerprint density at radius 1 is 1.24 bits per heavy atom. The Balaban J connectivity index is 1.94. The highest BCUT2D eigenvalue weighted by atomic mass is 32.1. The van der Waals surface area contributed by atoms with Gasteiger partial charge in [-0.2, -0.15) is 0 Å². The molecule has 6 nitrogen and oxygen atoms in total. The smallest absolute Gasteiger partial charge is 0.277 e. The molecule has 0 fully saturated rings. The van der Waals surface area contributed by atoms with E-state index in [4.69, 9.17) is 23.7 Å². The van der Waals surface area contributed by atoms with E-state index in [9.17, 15) is 4.79 Å². The summed E-state index contributed by atoms with van der Waals surface area (Å²) in [4.78, 5) is 17.2. The molecule has 0 aliphatic rings. The number of nitrogen functional groups attached to an aromatic ring is 2. The van der Waals surface area contributed by atoms with E-state index in [0.717, 1.165) is 17.5 Å². The van der Waals surface area contributed by atoms with Crippen molar-refractivity contribution in [1.29, 1.82) is 0 Å². The highest BCUT2D eigenvalue weighted by Gasteiger charge is 2.08. The van der Waals surface area contributed by atoms with Gasteiger partial charge < -0.3 is 21.0 Å². The summed E-state index contributed by atoms with van der Waals surface area (Å²) in [5.41, 5.74) is 13.3. The van der Waals surface area contributed by atoms with E-state index in [0.29, 0.717) is 6.54 Å². The maximum atomic E-state index is 11.5. The van der Waals surface area contributed by atoms with Gasteiger partial charge in [0.2, 0.25) is 0 Å². The summed E-state index contributed by atoms with van der Waals surface area (Å²) in [6.45, 7) is 0.549. The molecule has 2 aromatic heterocycles. The number of para-hydroxylation sites is 1. The maximum absolute atomic E-state index is 11.5. The SMILES string of the molecule is Nc1c(N)n(CCc2c[nH]c3ccccc23)c(=S)[nH]c1=O. The monoisotopic (exact) mass is 301 g/mol. The molecule has 7 heteroatoms. The van der Waals surface area contributed by atoms with Gasteiger partial charge in [-0.3, -0.25) is 9.78 Å². The van der Waals surface area contributed by atoms with E-state index in [1.54, 1.807) is 4.57 Å². The molecule has 0 atom stereocenters. The standard InChI is InChI=1S/C14H15N5OS/c15-11-12(16)19(14(21)18-13(11)20)6-5-8-7-17-10-4-2-1-3-9(8)10/h1-4,7,17H,5-6,15-16H2,(H,18,20,21). The molecule has 108 valence electrons. The van der Waals surface area contributed by atoms with Gasteiger partial charge in [-0.15, -0.1) is 0 Å². The van der Waals surface area contributed by atoms with Crippen LogP contribution in [-0.2, 0) is 13.0 Å². The largest absolute Gasteiger partial charge is 0.391 e. The van der Waals surface area contributed by atoms with Gasteiger partial charge >= 0.3 is 0 Å². The van der Waals surface area contributed by atoms with E-state index in [-0.39, 0.29) is 16.3 Å². The molecule has 0 saturated heterocycles. The van der Waals surface area contributed by atoms with E-state index < -0.39 is 5.56 Å². The van der Waals surface area contributed by atoms with Gasteiger partial charge in [0.25, 0.3) is 5.56 Å². The first-order valence-corrected chi connectivity index (χ1v) is 6.92. The van der Waals surface area contributed by atoms with Crippen molar-refractivity contribution in [2.45, 2.75) is 13.0 Å². The lowest BCUT2D eigenvalue weighted by molar-refractivity contribution is 0.676. The van der Waals surface area contributed by atoms with Gasteiger partial charge in [0.15, 0.2) is 4.77 Å². The zero-order chi connectivity index (χ0) is 15.0. The van der Waals surface area contributed by atoms with Crippen molar-refractivity contribution in [3.63, 3.8) is 0 Å². The second kappa shape index (κ2) is 5.10. The fourth-order valence-electron chi connectivity index (χ4n) is 2.40. The van der Waals surface area contributed by atoms with Crippen molar-refractivity contribution in [2.24, 2.45) is 0 Å². The number of H-pyrrole nitrogens is 2. The molecule has 1 aromatic carbocycles. The van der Waals surface area contributed by atoms with E-state index in [1.807, 2.05) is 24.4 Å².